The van der Waals surface area contributed by atoms with Gasteiger partial charge in [-0.3, -0.25) is 9.48 Å². The van der Waals surface area contributed by atoms with Crippen LogP contribution in [0.1, 0.15) is 46.9 Å². The van der Waals surface area contributed by atoms with Gasteiger partial charge in [-0.1, -0.05) is 0 Å². The van der Waals surface area contributed by atoms with Crippen molar-refractivity contribution in [1.82, 2.24) is 20.1 Å². The molecule has 24 heavy (non-hydrogen) atoms. The minimum atomic E-state index is -3.01. The molecule has 8 heteroatoms. The van der Waals surface area contributed by atoms with E-state index in [9.17, 15) is 13.2 Å². The molecule has 0 aliphatic heterocycles. The number of nitrogens with one attached hydrogen (secondary N) is 1. The number of carbonyl (C=O) groups excluding carboxylic acids is 1. The molecule has 1 aliphatic rings. The molecule has 1 amide bonds. The number of hydrogen-bond donors (Lipinski definition) is 1. The van der Waals surface area contributed by atoms with Crippen molar-refractivity contribution < 1.29 is 13.2 Å². The largest absolute Gasteiger partial charge is 0.352 e. The predicted octanol–water partition coefficient (Wildman–Crippen LogP) is 1.32. The Kier molecular flexibility index (Phi) is 4.33. The van der Waals surface area contributed by atoms with Gasteiger partial charge in [0.15, 0.2) is 5.65 Å². The quantitative estimate of drug-likeness (QED) is 0.793. The number of pyridine rings is 1. The van der Waals surface area contributed by atoms with Crippen molar-refractivity contribution in [2.45, 2.75) is 32.1 Å². The number of aromatic nitrogens is 3. The third-order valence-corrected chi connectivity index (χ3v) is 5.24. The maximum absolute atomic E-state index is 12.6. The maximum atomic E-state index is 12.6. The Morgan fingerprint density at radius 2 is 2.12 bits per heavy atom. The van der Waals surface area contributed by atoms with E-state index in [1.54, 1.807) is 4.68 Å². The fourth-order valence-electron chi connectivity index (χ4n) is 2.86. The molecule has 2 aromatic heterocycles. The van der Waals surface area contributed by atoms with E-state index in [-0.39, 0.29) is 11.7 Å². The highest BCUT2D eigenvalue weighted by Crippen LogP contribution is 2.40. The maximum Gasteiger partial charge on any atom is 0.252 e. The van der Waals surface area contributed by atoms with Gasteiger partial charge in [0.1, 0.15) is 9.84 Å². The highest BCUT2D eigenvalue weighted by molar-refractivity contribution is 7.90. The molecule has 3 rings (SSSR count). The van der Waals surface area contributed by atoms with Crippen molar-refractivity contribution in [3.05, 3.63) is 23.0 Å². The topological polar surface area (TPSA) is 93.9 Å². The highest BCUT2D eigenvalue weighted by atomic mass is 32.2. The van der Waals surface area contributed by atoms with Crippen molar-refractivity contribution in [2.24, 2.45) is 7.05 Å². The Bertz CT molecular complexity index is 898. The Morgan fingerprint density at radius 1 is 1.42 bits per heavy atom. The summed E-state index contributed by atoms with van der Waals surface area (Å²) in [6, 6.07) is 1.86. The number of carbonyl (C=O) groups is 1. The zero-order valence-corrected chi connectivity index (χ0v) is 15.0. The van der Waals surface area contributed by atoms with Crippen molar-refractivity contribution in [2.75, 3.05) is 18.6 Å². The molecule has 0 aromatic carbocycles. The van der Waals surface area contributed by atoms with Crippen LogP contribution in [0.25, 0.3) is 11.0 Å². The van der Waals surface area contributed by atoms with Gasteiger partial charge in [-0.25, -0.2) is 13.4 Å². The number of hydrogen-bond acceptors (Lipinski definition) is 5. The van der Waals surface area contributed by atoms with Gasteiger partial charge in [0.2, 0.25) is 0 Å². The lowest BCUT2D eigenvalue weighted by Crippen LogP contribution is -2.26. The molecule has 1 N–H and O–H groups in total. The van der Waals surface area contributed by atoms with Crippen LogP contribution in [-0.4, -0.2) is 47.6 Å². The number of aryl methyl sites for hydroxylation is 2. The molecule has 0 spiro atoms. The SMILES string of the molecule is Cc1nn(C)c2nc(C3CC3)cc(C(=O)NCCCS(C)(=O)=O)c12. The van der Waals surface area contributed by atoms with E-state index in [2.05, 4.69) is 15.4 Å². The second-order valence-electron chi connectivity index (χ2n) is 6.52. The molecular formula is C16H22N4O3S. The molecular weight excluding hydrogens is 328 g/mol. The number of fused-ring (bicyclic) bond motifs is 1. The van der Waals surface area contributed by atoms with E-state index in [0.717, 1.165) is 35.3 Å². The lowest BCUT2D eigenvalue weighted by molar-refractivity contribution is 0.0955. The summed E-state index contributed by atoms with van der Waals surface area (Å²) in [5, 5.41) is 7.96. The third kappa shape index (κ3) is 3.58. The molecule has 0 radical (unpaired) electrons. The van der Waals surface area contributed by atoms with E-state index in [1.807, 2.05) is 20.0 Å². The first kappa shape index (κ1) is 16.9. The molecule has 130 valence electrons. The second-order valence-corrected chi connectivity index (χ2v) is 8.78. The molecule has 0 atom stereocenters. The molecule has 7 nitrogen and oxygen atoms in total. The number of rotatable bonds is 6. The molecule has 0 bridgehead atoms. The van der Waals surface area contributed by atoms with E-state index >= 15 is 0 Å². The second kappa shape index (κ2) is 6.16. The van der Waals surface area contributed by atoms with Crippen molar-refractivity contribution >= 4 is 26.8 Å². The first-order valence-corrected chi connectivity index (χ1v) is 10.1. The number of nitrogens with zero attached hydrogens (tertiary/aromatic N) is 3. The summed E-state index contributed by atoms with van der Waals surface area (Å²) >= 11 is 0. The van der Waals surface area contributed by atoms with E-state index in [4.69, 9.17) is 0 Å². The Labute approximate surface area is 141 Å². The highest BCUT2D eigenvalue weighted by Gasteiger charge is 2.28. The normalized spacial score (nSPS) is 15.0. The summed E-state index contributed by atoms with van der Waals surface area (Å²) in [5.74, 6) is 0.299. The Morgan fingerprint density at radius 3 is 2.75 bits per heavy atom. The monoisotopic (exact) mass is 350 g/mol. The summed E-state index contributed by atoms with van der Waals surface area (Å²) in [7, 11) is -1.18. The summed E-state index contributed by atoms with van der Waals surface area (Å²) in [6.45, 7) is 2.19. The Hall–Kier alpha value is -1.96. The van der Waals surface area contributed by atoms with Crippen molar-refractivity contribution in [3.8, 4) is 0 Å². The van der Waals surface area contributed by atoms with E-state index < -0.39 is 9.84 Å². The average molecular weight is 350 g/mol. The van der Waals surface area contributed by atoms with Crippen LogP contribution in [0.15, 0.2) is 6.07 Å². The smallest absolute Gasteiger partial charge is 0.252 e. The van der Waals surface area contributed by atoms with Gasteiger partial charge in [-0.05, 0) is 32.3 Å². The van der Waals surface area contributed by atoms with E-state index in [1.165, 1.54) is 6.26 Å². The lowest BCUT2D eigenvalue weighted by atomic mass is 10.1. The molecule has 1 saturated carbocycles. The van der Waals surface area contributed by atoms with Gasteiger partial charge in [-0.2, -0.15) is 5.10 Å². The minimum Gasteiger partial charge on any atom is -0.352 e. The van der Waals surface area contributed by atoms with Gasteiger partial charge in [0, 0.05) is 31.5 Å². The predicted molar refractivity (Wildman–Crippen MR) is 91.9 cm³/mol. The first-order chi connectivity index (χ1) is 11.3. The standard InChI is InChI=1S/C16H22N4O3S/c1-10-14-12(16(21)17-7-4-8-24(3,22)23)9-13(11-5-6-11)18-15(14)20(2)19-10/h9,11H,4-8H2,1-3H3,(H,17,21). The molecule has 1 fully saturated rings. The van der Waals surface area contributed by atoms with Crippen LogP contribution in [0.2, 0.25) is 0 Å². The molecule has 0 saturated heterocycles. The minimum absolute atomic E-state index is 0.0677. The van der Waals surface area contributed by atoms with Gasteiger partial charge in [0.25, 0.3) is 5.91 Å². The van der Waals surface area contributed by atoms with Gasteiger partial charge < -0.3 is 5.32 Å². The van der Waals surface area contributed by atoms with Crippen molar-refractivity contribution in [3.63, 3.8) is 0 Å². The number of amides is 1. The summed E-state index contributed by atoms with van der Waals surface area (Å²) in [5.41, 5.74) is 3.00. The summed E-state index contributed by atoms with van der Waals surface area (Å²) in [6.07, 6.45) is 3.80. The van der Waals surface area contributed by atoms with Crippen LogP contribution >= 0.6 is 0 Å². The zero-order valence-electron chi connectivity index (χ0n) is 14.2. The van der Waals surface area contributed by atoms with Crippen LogP contribution in [0.3, 0.4) is 0 Å². The first-order valence-electron chi connectivity index (χ1n) is 8.06. The van der Waals surface area contributed by atoms with Crippen LogP contribution in [0, 0.1) is 6.92 Å². The molecule has 1 aliphatic carbocycles. The third-order valence-electron chi connectivity index (χ3n) is 4.21. The molecule has 0 unspecified atom stereocenters. The zero-order chi connectivity index (χ0) is 17.5. The van der Waals surface area contributed by atoms with Crippen molar-refractivity contribution in [1.29, 1.82) is 0 Å². The van der Waals surface area contributed by atoms with E-state index in [0.29, 0.717) is 24.4 Å². The van der Waals surface area contributed by atoms with Gasteiger partial charge in [-0.15, -0.1) is 0 Å². The number of sulfone groups is 1. The van der Waals surface area contributed by atoms with Gasteiger partial charge >= 0.3 is 0 Å². The average Bonchev–Trinajstić information content (AvgIpc) is 3.29. The molecule has 2 aromatic rings. The van der Waals surface area contributed by atoms with Gasteiger partial charge in [0.05, 0.1) is 22.4 Å². The fraction of sp³-hybridized carbons (Fsp3) is 0.562. The van der Waals surface area contributed by atoms with Crippen LogP contribution in [-0.2, 0) is 16.9 Å². The van der Waals surface area contributed by atoms with Crippen LogP contribution < -0.4 is 5.32 Å². The lowest BCUT2D eigenvalue weighted by Gasteiger charge is -2.09. The Balaban J connectivity index is 1.85. The summed E-state index contributed by atoms with van der Waals surface area (Å²) < 4.78 is 24.0. The van der Waals surface area contributed by atoms with Crippen LogP contribution in [0.4, 0.5) is 0 Å². The molecule has 2 heterocycles. The summed E-state index contributed by atoms with van der Waals surface area (Å²) in [4.78, 5) is 17.3. The fourth-order valence-corrected chi connectivity index (χ4v) is 3.53. The van der Waals surface area contributed by atoms with Crippen LogP contribution in [0.5, 0.6) is 0 Å².